The Labute approximate surface area is 143 Å². The molecular weight excluding hydrogens is 368 g/mol. The number of benzene rings is 1. The van der Waals surface area contributed by atoms with Crippen LogP contribution in [0.3, 0.4) is 0 Å². The number of nitrogens with zero attached hydrogens (tertiary/aromatic N) is 1. The predicted octanol–water partition coefficient (Wildman–Crippen LogP) is 4.60. The standard InChI is InChI=1S/C16H16BrClN2O2/c1-10-13(17)8-9-14(19-10)20-15(21)16(2,3)22-12-6-4-11(18)5-7-12/h4-9H,1-3H3,(H,19,20,21). The Bertz CT molecular complexity index is 687. The quantitative estimate of drug-likeness (QED) is 0.839. The molecule has 2 rings (SSSR count). The van der Waals surface area contributed by atoms with E-state index in [9.17, 15) is 4.79 Å². The average molecular weight is 384 g/mol. The second kappa shape index (κ2) is 6.67. The summed E-state index contributed by atoms with van der Waals surface area (Å²) in [5.74, 6) is 0.777. The van der Waals surface area contributed by atoms with Gasteiger partial charge in [-0.15, -0.1) is 0 Å². The summed E-state index contributed by atoms with van der Waals surface area (Å²) >= 11 is 9.21. The Morgan fingerprint density at radius 2 is 1.86 bits per heavy atom. The minimum atomic E-state index is -1.05. The number of nitrogens with one attached hydrogen (secondary N) is 1. The predicted molar refractivity (Wildman–Crippen MR) is 91.5 cm³/mol. The lowest BCUT2D eigenvalue weighted by atomic mass is 10.1. The van der Waals surface area contributed by atoms with E-state index >= 15 is 0 Å². The normalized spacial score (nSPS) is 11.1. The molecule has 1 heterocycles. The van der Waals surface area contributed by atoms with Crippen LogP contribution >= 0.6 is 27.5 Å². The first-order chi connectivity index (χ1) is 10.3. The Balaban J connectivity index is 2.09. The van der Waals surface area contributed by atoms with E-state index in [4.69, 9.17) is 16.3 Å². The van der Waals surface area contributed by atoms with Crippen LogP contribution < -0.4 is 10.1 Å². The van der Waals surface area contributed by atoms with Crippen LogP contribution in [0.1, 0.15) is 19.5 Å². The van der Waals surface area contributed by atoms with Gasteiger partial charge in [0.2, 0.25) is 0 Å². The number of anilines is 1. The summed E-state index contributed by atoms with van der Waals surface area (Å²) in [5, 5.41) is 3.37. The lowest BCUT2D eigenvalue weighted by molar-refractivity contribution is -0.128. The molecule has 4 nitrogen and oxygen atoms in total. The van der Waals surface area contributed by atoms with Gasteiger partial charge < -0.3 is 10.1 Å². The summed E-state index contributed by atoms with van der Waals surface area (Å²) in [6.07, 6.45) is 0. The number of carbonyl (C=O) groups excluding carboxylic acids is 1. The summed E-state index contributed by atoms with van der Waals surface area (Å²) in [7, 11) is 0. The number of aromatic nitrogens is 1. The molecule has 0 aliphatic rings. The highest BCUT2D eigenvalue weighted by molar-refractivity contribution is 9.10. The number of rotatable bonds is 4. The largest absolute Gasteiger partial charge is 0.478 e. The number of hydrogen-bond donors (Lipinski definition) is 1. The highest BCUT2D eigenvalue weighted by Crippen LogP contribution is 2.22. The van der Waals surface area contributed by atoms with Crippen molar-refractivity contribution in [3.63, 3.8) is 0 Å². The minimum Gasteiger partial charge on any atom is -0.478 e. The summed E-state index contributed by atoms with van der Waals surface area (Å²) in [6.45, 7) is 5.25. The fourth-order valence-electron chi connectivity index (χ4n) is 1.72. The van der Waals surface area contributed by atoms with Gasteiger partial charge in [-0.05, 0) is 73.1 Å². The molecule has 1 aromatic carbocycles. The molecule has 1 amide bonds. The zero-order chi connectivity index (χ0) is 16.3. The Morgan fingerprint density at radius 3 is 2.45 bits per heavy atom. The third-order valence-corrected chi connectivity index (χ3v) is 4.09. The van der Waals surface area contributed by atoms with Crippen LogP contribution in [0.15, 0.2) is 40.9 Å². The van der Waals surface area contributed by atoms with Crippen LogP contribution in [0.5, 0.6) is 5.75 Å². The van der Waals surface area contributed by atoms with Gasteiger partial charge in [0.05, 0.1) is 5.69 Å². The molecule has 1 N–H and O–H groups in total. The van der Waals surface area contributed by atoms with Gasteiger partial charge in [0.15, 0.2) is 5.60 Å². The molecule has 22 heavy (non-hydrogen) atoms. The fraction of sp³-hybridized carbons (Fsp3) is 0.250. The molecule has 0 radical (unpaired) electrons. The van der Waals surface area contributed by atoms with E-state index in [-0.39, 0.29) is 5.91 Å². The zero-order valence-corrected chi connectivity index (χ0v) is 14.8. The maximum atomic E-state index is 12.4. The van der Waals surface area contributed by atoms with Gasteiger partial charge >= 0.3 is 0 Å². The molecule has 0 fully saturated rings. The number of aryl methyl sites for hydroxylation is 1. The number of halogens is 2. The van der Waals surface area contributed by atoms with Gasteiger partial charge in [-0.3, -0.25) is 4.79 Å². The number of pyridine rings is 1. The molecule has 0 spiro atoms. The molecule has 0 saturated heterocycles. The second-order valence-electron chi connectivity index (χ2n) is 5.28. The lowest BCUT2D eigenvalue weighted by Gasteiger charge is -2.25. The van der Waals surface area contributed by atoms with Crippen molar-refractivity contribution < 1.29 is 9.53 Å². The van der Waals surface area contributed by atoms with Crippen molar-refractivity contribution in [3.05, 3.63) is 51.6 Å². The van der Waals surface area contributed by atoms with Crippen LogP contribution in [-0.4, -0.2) is 16.5 Å². The molecule has 6 heteroatoms. The summed E-state index contributed by atoms with van der Waals surface area (Å²) in [5.41, 5.74) is -0.245. The molecule has 116 valence electrons. The van der Waals surface area contributed by atoms with Crippen LogP contribution in [0.4, 0.5) is 5.82 Å². The van der Waals surface area contributed by atoms with Crippen molar-refractivity contribution in [1.29, 1.82) is 0 Å². The molecule has 0 saturated carbocycles. The first kappa shape index (κ1) is 16.8. The lowest BCUT2D eigenvalue weighted by Crippen LogP contribution is -2.42. The van der Waals surface area contributed by atoms with Crippen molar-refractivity contribution in [2.45, 2.75) is 26.4 Å². The van der Waals surface area contributed by atoms with E-state index in [1.165, 1.54) is 0 Å². The van der Waals surface area contributed by atoms with Crippen molar-refractivity contribution in [1.82, 2.24) is 4.98 Å². The van der Waals surface area contributed by atoms with E-state index in [0.717, 1.165) is 10.2 Å². The van der Waals surface area contributed by atoms with Crippen LogP contribution in [0.25, 0.3) is 0 Å². The van der Waals surface area contributed by atoms with Crippen molar-refractivity contribution in [3.8, 4) is 5.75 Å². The van der Waals surface area contributed by atoms with Gasteiger partial charge in [-0.25, -0.2) is 4.98 Å². The van der Waals surface area contributed by atoms with Gasteiger partial charge in [-0.1, -0.05) is 11.6 Å². The van der Waals surface area contributed by atoms with Crippen LogP contribution in [-0.2, 0) is 4.79 Å². The second-order valence-corrected chi connectivity index (χ2v) is 6.57. The Hall–Kier alpha value is -1.59. The number of carbonyl (C=O) groups is 1. The van der Waals surface area contributed by atoms with Gasteiger partial charge in [-0.2, -0.15) is 0 Å². The molecule has 1 aromatic heterocycles. The molecule has 0 unspecified atom stereocenters. The minimum absolute atomic E-state index is 0.281. The highest BCUT2D eigenvalue weighted by atomic mass is 79.9. The van der Waals surface area contributed by atoms with E-state index in [0.29, 0.717) is 16.6 Å². The smallest absolute Gasteiger partial charge is 0.269 e. The fourth-order valence-corrected chi connectivity index (χ4v) is 2.07. The molecule has 0 bridgehead atoms. The SMILES string of the molecule is Cc1nc(NC(=O)C(C)(C)Oc2ccc(Cl)cc2)ccc1Br. The molecule has 2 aromatic rings. The van der Waals surface area contributed by atoms with Gasteiger partial charge in [0, 0.05) is 9.50 Å². The van der Waals surface area contributed by atoms with E-state index in [1.54, 1.807) is 44.2 Å². The van der Waals surface area contributed by atoms with Crippen molar-refractivity contribution in [2.75, 3.05) is 5.32 Å². The third kappa shape index (κ3) is 4.21. The Kier molecular flexibility index (Phi) is 5.08. The number of ether oxygens (including phenoxy) is 1. The van der Waals surface area contributed by atoms with E-state index in [2.05, 4.69) is 26.2 Å². The zero-order valence-electron chi connectivity index (χ0n) is 12.5. The molecule has 0 aliphatic carbocycles. The Morgan fingerprint density at radius 1 is 1.23 bits per heavy atom. The van der Waals surface area contributed by atoms with Gasteiger partial charge in [0.25, 0.3) is 5.91 Å². The third-order valence-electron chi connectivity index (χ3n) is 3.00. The van der Waals surface area contributed by atoms with E-state index in [1.807, 2.05) is 13.0 Å². The van der Waals surface area contributed by atoms with Gasteiger partial charge in [0.1, 0.15) is 11.6 Å². The molecule has 0 atom stereocenters. The number of amides is 1. The van der Waals surface area contributed by atoms with Crippen LogP contribution in [0, 0.1) is 6.92 Å². The first-order valence-electron chi connectivity index (χ1n) is 6.67. The maximum absolute atomic E-state index is 12.4. The van der Waals surface area contributed by atoms with Crippen molar-refractivity contribution in [2.24, 2.45) is 0 Å². The topological polar surface area (TPSA) is 51.2 Å². The summed E-state index contributed by atoms with van der Waals surface area (Å²) < 4.78 is 6.63. The molecule has 0 aliphatic heterocycles. The first-order valence-corrected chi connectivity index (χ1v) is 7.84. The monoisotopic (exact) mass is 382 g/mol. The van der Waals surface area contributed by atoms with Crippen molar-refractivity contribution >= 4 is 39.3 Å². The maximum Gasteiger partial charge on any atom is 0.269 e. The summed E-state index contributed by atoms with van der Waals surface area (Å²) in [4.78, 5) is 16.7. The molecular formula is C16H16BrClN2O2. The average Bonchev–Trinajstić information content (AvgIpc) is 2.45. The van der Waals surface area contributed by atoms with E-state index < -0.39 is 5.60 Å². The summed E-state index contributed by atoms with van der Waals surface area (Å²) in [6, 6.07) is 10.4. The highest BCUT2D eigenvalue weighted by Gasteiger charge is 2.30. The van der Waals surface area contributed by atoms with Crippen LogP contribution in [0.2, 0.25) is 5.02 Å². The number of hydrogen-bond acceptors (Lipinski definition) is 3.